The zero-order chi connectivity index (χ0) is 15.8. The Hall–Kier alpha value is -1.92. The van der Waals surface area contributed by atoms with E-state index in [1.807, 2.05) is 0 Å². The van der Waals surface area contributed by atoms with Crippen molar-refractivity contribution < 1.29 is 18.9 Å². The molecule has 112 valence electrons. The largest absolute Gasteiger partial charge is 0.368 e. The Balaban J connectivity index is 4.71. The molecule has 0 aliphatic carbocycles. The van der Waals surface area contributed by atoms with Crippen molar-refractivity contribution in [2.45, 2.75) is 0 Å². The number of hydrogen-bond donors (Lipinski definition) is 0. The lowest BCUT2D eigenvalue weighted by molar-refractivity contribution is -0.0920. The van der Waals surface area contributed by atoms with E-state index >= 15 is 0 Å². The van der Waals surface area contributed by atoms with E-state index in [1.165, 1.54) is 0 Å². The Kier molecular flexibility index (Phi) is 11.9. The lowest BCUT2D eigenvalue weighted by atomic mass is 9.92. The van der Waals surface area contributed by atoms with Gasteiger partial charge in [0.15, 0.2) is 0 Å². The molecule has 21 heavy (non-hydrogen) atoms. The zero-order valence-corrected chi connectivity index (χ0v) is 12.1. The molecule has 0 unspecified atom stereocenters. The van der Waals surface area contributed by atoms with Gasteiger partial charge in [0.1, 0.15) is 26.4 Å². The number of ether oxygens (including phenoxy) is 4. The van der Waals surface area contributed by atoms with Crippen molar-refractivity contribution >= 4 is 0 Å². The fourth-order valence-electron chi connectivity index (χ4n) is 1.56. The third-order valence-electron chi connectivity index (χ3n) is 2.37. The van der Waals surface area contributed by atoms with Gasteiger partial charge in [0.05, 0.1) is 31.8 Å². The topological polar surface area (TPSA) is 36.9 Å². The van der Waals surface area contributed by atoms with Crippen molar-refractivity contribution in [3.05, 3.63) is 0 Å². The molecule has 4 heteroatoms. The maximum Gasteiger partial charge on any atom is 0.107 e. The maximum absolute atomic E-state index is 5.41. The van der Waals surface area contributed by atoms with Gasteiger partial charge in [-0.15, -0.1) is 25.7 Å². The first-order valence-electron chi connectivity index (χ1n) is 6.29. The molecule has 0 aromatic heterocycles. The maximum atomic E-state index is 5.41. The van der Waals surface area contributed by atoms with E-state index in [-0.39, 0.29) is 52.9 Å². The third-order valence-corrected chi connectivity index (χ3v) is 2.37. The minimum absolute atomic E-state index is 0.182. The van der Waals surface area contributed by atoms with Crippen molar-refractivity contribution in [2.75, 3.05) is 52.9 Å². The van der Waals surface area contributed by atoms with Crippen LogP contribution in [0.5, 0.6) is 0 Å². The van der Waals surface area contributed by atoms with Crippen LogP contribution in [0.2, 0.25) is 0 Å². The lowest BCUT2D eigenvalue weighted by Crippen LogP contribution is -2.42. The molecule has 0 atom stereocenters. The second-order valence-corrected chi connectivity index (χ2v) is 4.29. The van der Waals surface area contributed by atoms with Gasteiger partial charge in [-0.05, 0) is 0 Å². The molecular formula is C17H20O4. The summed E-state index contributed by atoms with van der Waals surface area (Å²) in [7, 11) is 0. The molecule has 4 nitrogen and oxygen atoms in total. The predicted octanol–water partition coefficient (Wildman–Crippen LogP) is 0.572. The Morgan fingerprint density at radius 2 is 0.762 bits per heavy atom. The Morgan fingerprint density at radius 3 is 0.952 bits per heavy atom. The summed E-state index contributed by atoms with van der Waals surface area (Å²) in [6.07, 6.45) is 20.7. The average molecular weight is 288 g/mol. The average Bonchev–Trinajstić information content (AvgIpc) is 2.48. The monoisotopic (exact) mass is 288 g/mol. The van der Waals surface area contributed by atoms with E-state index < -0.39 is 5.41 Å². The van der Waals surface area contributed by atoms with E-state index in [9.17, 15) is 0 Å². The molecule has 0 aromatic carbocycles. The van der Waals surface area contributed by atoms with Crippen LogP contribution in [0.25, 0.3) is 0 Å². The summed E-state index contributed by atoms with van der Waals surface area (Å²) in [4.78, 5) is 0. The fraction of sp³-hybridized carbons (Fsp3) is 0.529. The summed E-state index contributed by atoms with van der Waals surface area (Å²) >= 11 is 0. The van der Waals surface area contributed by atoms with Crippen LogP contribution < -0.4 is 0 Å². The number of rotatable bonds is 12. The van der Waals surface area contributed by atoms with Crippen LogP contribution in [0, 0.1) is 54.8 Å². The molecule has 0 saturated heterocycles. The molecule has 0 aliphatic heterocycles. The lowest BCUT2D eigenvalue weighted by Gasteiger charge is -2.32. The van der Waals surface area contributed by atoms with E-state index in [1.54, 1.807) is 0 Å². The van der Waals surface area contributed by atoms with Crippen molar-refractivity contribution in [1.82, 2.24) is 0 Å². The molecular weight excluding hydrogens is 268 g/mol. The van der Waals surface area contributed by atoms with Crippen LogP contribution in [0.3, 0.4) is 0 Å². The van der Waals surface area contributed by atoms with Crippen LogP contribution in [-0.4, -0.2) is 52.9 Å². The molecule has 0 N–H and O–H groups in total. The molecule has 0 amide bonds. The molecule has 0 heterocycles. The van der Waals surface area contributed by atoms with Crippen LogP contribution in [0.1, 0.15) is 0 Å². The van der Waals surface area contributed by atoms with Crippen LogP contribution >= 0.6 is 0 Å². The summed E-state index contributed by atoms with van der Waals surface area (Å²) < 4.78 is 21.6. The summed E-state index contributed by atoms with van der Waals surface area (Å²) in [5, 5.41) is 0. The molecule has 0 bridgehead atoms. The Labute approximate surface area is 127 Å². The van der Waals surface area contributed by atoms with Crippen molar-refractivity contribution in [3.8, 4) is 49.4 Å². The summed E-state index contributed by atoms with van der Waals surface area (Å²) in [6.45, 7) is 1.88. The van der Waals surface area contributed by atoms with E-state index in [4.69, 9.17) is 44.6 Å². The molecule has 0 radical (unpaired) electrons. The normalized spacial score (nSPS) is 10.1. The van der Waals surface area contributed by atoms with E-state index in [0.29, 0.717) is 0 Å². The Morgan fingerprint density at radius 1 is 0.524 bits per heavy atom. The van der Waals surface area contributed by atoms with Crippen LogP contribution in [-0.2, 0) is 18.9 Å². The van der Waals surface area contributed by atoms with Crippen molar-refractivity contribution in [2.24, 2.45) is 5.41 Å². The van der Waals surface area contributed by atoms with Crippen LogP contribution in [0.15, 0.2) is 0 Å². The van der Waals surface area contributed by atoms with Gasteiger partial charge in [-0.3, -0.25) is 0 Å². The van der Waals surface area contributed by atoms with Gasteiger partial charge < -0.3 is 18.9 Å². The summed E-state index contributed by atoms with van der Waals surface area (Å²) in [5.41, 5.74) is -0.568. The zero-order valence-electron chi connectivity index (χ0n) is 12.1. The van der Waals surface area contributed by atoms with Gasteiger partial charge in [-0.1, -0.05) is 23.7 Å². The SMILES string of the molecule is C#CCOCC(COCC#C)(COCC#C)COCC#C. The highest BCUT2D eigenvalue weighted by Crippen LogP contribution is 2.20. The van der Waals surface area contributed by atoms with E-state index in [0.717, 1.165) is 0 Å². The van der Waals surface area contributed by atoms with Gasteiger partial charge in [0.25, 0.3) is 0 Å². The van der Waals surface area contributed by atoms with Gasteiger partial charge in [-0.2, -0.15) is 0 Å². The highest BCUT2D eigenvalue weighted by molar-refractivity contribution is 4.89. The first kappa shape index (κ1) is 19.1. The molecule has 0 aromatic rings. The molecule has 0 aliphatic rings. The molecule has 0 fully saturated rings. The first-order chi connectivity index (χ1) is 10.2. The highest BCUT2D eigenvalue weighted by atomic mass is 16.5. The van der Waals surface area contributed by atoms with Gasteiger partial charge in [0, 0.05) is 0 Å². The second kappa shape index (κ2) is 13.1. The van der Waals surface area contributed by atoms with Crippen LogP contribution in [0.4, 0.5) is 0 Å². The van der Waals surface area contributed by atoms with Gasteiger partial charge >= 0.3 is 0 Å². The smallest absolute Gasteiger partial charge is 0.107 e. The van der Waals surface area contributed by atoms with Gasteiger partial charge in [0.2, 0.25) is 0 Å². The Bertz CT molecular complexity index is 342. The second-order valence-electron chi connectivity index (χ2n) is 4.29. The van der Waals surface area contributed by atoms with Crippen molar-refractivity contribution in [1.29, 1.82) is 0 Å². The number of hydrogen-bond acceptors (Lipinski definition) is 4. The molecule has 0 rings (SSSR count). The fourth-order valence-corrected chi connectivity index (χ4v) is 1.56. The first-order valence-corrected chi connectivity index (χ1v) is 6.29. The molecule has 0 spiro atoms. The minimum Gasteiger partial charge on any atom is -0.368 e. The number of terminal acetylenes is 4. The molecule has 0 saturated carbocycles. The van der Waals surface area contributed by atoms with Crippen molar-refractivity contribution in [3.63, 3.8) is 0 Å². The standard InChI is InChI=1S/C17H20O4/c1-5-9-18-13-17(14-19-10-6-2,15-20-11-7-3)16-21-12-8-4/h1-4H,9-16H2. The quantitative estimate of drug-likeness (QED) is 0.389. The summed E-state index contributed by atoms with van der Waals surface area (Å²) in [5.74, 6) is 9.60. The third kappa shape index (κ3) is 9.59. The van der Waals surface area contributed by atoms with E-state index in [2.05, 4.69) is 23.7 Å². The highest BCUT2D eigenvalue weighted by Gasteiger charge is 2.32. The van der Waals surface area contributed by atoms with Gasteiger partial charge in [-0.25, -0.2) is 0 Å². The summed E-state index contributed by atoms with van der Waals surface area (Å²) in [6, 6.07) is 0. The predicted molar refractivity (Wildman–Crippen MR) is 81.0 cm³/mol. The minimum atomic E-state index is -0.568.